The summed E-state index contributed by atoms with van der Waals surface area (Å²) in [7, 11) is 0. The van der Waals surface area contributed by atoms with Crippen LogP contribution in [0.3, 0.4) is 0 Å². The standard InChI is InChI=1S/C17H21N3O3S/c1-10-11(2)24-16-15(10)17(22)19(9-18-16)8-14(21)20-6-7-23-13-5-3-4-12(13)20/h9,12-13H,3-8H2,1-2H3/t12-,13+/m1/s1. The monoisotopic (exact) mass is 347 g/mol. The molecule has 1 aliphatic carbocycles. The summed E-state index contributed by atoms with van der Waals surface area (Å²) in [6, 6.07) is 0.170. The Bertz CT molecular complexity index is 857. The molecule has 3 heterocycles. The van der Waals surface area contributed by atoms with Crippen LogP contribution >= 0.6 is 11.3 Å². The minimum Gasteiger partial charge on any atom is -0.374 e. The van der Waals surface area contributed by atoms with Crippen molar-refractivity contribution in [3.8, 4) is 0 Å². The van der Waals surface area contributed by atoms with Gasteiger partial charge in [-0.3, -0.25) is 14.2 Å². The maximum absolute atomic E-state index is 12.8. The molecule has 7 heteroatoms. The Hall–Kier alpha value is -1.73. The van der Waals surface area contributed by atoms with Crippen molar-refractivity contribution in [2.24, 2.45) is 0 Å². The van der Waals surface area contributed by atoms with Gasteiger partial charge >= 0.3 is 0 Å². The quantitative estimate of drug-likeness (QED) is 0.832. The normalized spacial score (nSPS) is 23.7. The fourth-order valence-electron chi connectivity index (χ4n) is 3.85. The van der Waals surface area contributed by atoms with Crippen LogP contribution in [0.25, 0.3) is 10.2 Å². The molecule has 2 aromatic heterocycles. The Labute approximate surface area is 144 Å². The van der Waals surface area contributed by atoms with Crippen LogP contribution in [-0.2, 0) is 16.1 Å². The Morgan fingerprint density at radius 2 is 2.25 bits per heavy atom. The molecule has 0 aromatic carbocycles. The number of rotatable bonds is 2. The molecule has 6 nitrogen and oxygen atoms in total. The molecule has 1 aliphatic heterocycles. The van der Waals surface area contributed by atoms with Crippen LogP contribution in [0, 0.1) is 13.8 Å². The molecule has 2 atom stereocenters. The summed E-state index contributed by atoms with van der Waals surface area (Å²) in [5.74, 6) is -0.0111. The van der Waals surface area contributed by atoms with Crippen molar-refractivity contribution >= 4 is 27.5 Å². The van der Waals surface area contributed by atoms with Crippen LogP contribution in [0.1, 0.15) is 29.7 Å². The van der Waals surface area contributed by atoms with Crippen LogP contribution in [-0.4, -0.2) is 45.7 Å². The van der Waals surface area contributed by atoms with E-state index in [0.29, 0.717) is 18.5 Å². The Morgan fingerprint density at radius 3 is 3.08 bits per heavy atom. The number of aryl methyl sites for hydroxylation is 2. The van der Waals surface area contributed by atoms with Gasteiger partial charge in [0, 0.05) is 11.4 Å². The third kappa shape index (κ3) is 2.46. The molecule has 0 N–H and O–H groups in total. The molecule has 2 aliphatic rings. The lowest BCUT2D eigenvalue weighted by molar-refractivity contribution is -0.144. The lowest BCUT2D eigenvalue weighted by Crippen LogP contribution is -2.52. The average molecular weight is 347 g/mol. The first-order valence-electron chi connectivity index (χ1n) is 8.42. The number of hydrogen-bond donors (Lipinski definition) is 0. The number of carbonyl (C=O) groups excluding carboxylic acids is 1. The number of fused-ring (bicyclic) bond motifs is 2. The minimum atomic E-state index is -0.119. The molecular formula is C17H21N3O3S. The second-order valence-corrected chi connectivity index (χ2v) is 7.84. The fraction of sp³-hybridized carbons (Fsp3) is 0.588. The Morgan fingerprint density at radius 1 is 1.42 bits per heavy atom. The van der Waals surface area contributed by atoms with Gasteiger partial charge in [-0.25, -0.2) is 4.98 Å². The Balaban J connectivity index is 1.62. The van der Waals surface area contributed by atoms with Gasteiger partial charge in [-0.2, -0.15) is 0 Å². The number of thiophene rings is 1. The van der Waals surface area contributed by atoms with Crippen LogP contribution < -0.4 is 5.56 Å². The van der Waals surface area contributed by atoms with Gasteiger partial charge in [-0.1, -0.05) is 0 Å². The third-order valence-corrected chi connectivity index (χ3v) is 6.38. The largest absolute Gasteiger partial charge is 0.374 e. The van der Waals surface area contributed by atoms with Crippen molar-refractivity contribution in [2.75, 3.05) is 13.2 Å². The number of nitrogens with zero attached hydrogens (tertiary/aromatic N) is 3. The van der Waals surface area contributed by atoms with E-state index in [4.69, 9.17) is 4.74 Å². The van der Waals surface area contributed by atoms with Gasteiger partial charge in [0.05, 0.1) is 30.5 Å². The minimum absolute atomic E-state index is 0.0111. The molecule has 1 saturated carbocycles. The molecule has 1 amide bonds. The van der Waals surface area contributed by atoms with E-state index in [-0.39, 0.29) is 30.2 Å². The van der Waals surface area contributed by atoms with Gasteiger partial charge < -0.3 is 9.64 Å². The van der Waals surface area contributed by atoms with Crippen molar-refractivity contribution in [2.45, 2.75) is 51.8 Å². The zero-order valence-electron chi connectivity index (χ0n) is 13.9. The number of amides is 1. The molecule has 4 rings (SSSR count). The third-order valence-electron chi connectivity index (χ3n) is 5.26. The first kappa shape index (κ1) is 15.8. The van der Waals surface area contributed by atoms with Crippen LogP contribution in [0.4, 0.5) is 0 Å². The smallest absolute Gasteiger partial charge is 0.262 e. The Kier molecular flexibility index (Phi) is 3.92. The maximum Gasteiger partial charge on any atom is 0.262 e. The summed E-state index contributed by atoms with van der Waals surface area (Å²) in [4.78, 5) is 33.6. The summed E-state index contributed by atoms with van der Waals surface area (Å²) < 4.78 is 7.21. The van der Waals surface area contributed by atoms with Gasteiger partial charge in [0.2, 0.25) is 5.91 Å². The predicted octanol–water partition coefficient (Wildman–Crippen LogP) is 1.85. The van der Waals surface area contributed by atoms with Crippen molar-refractivity contribution in [3.63, 3.8) is 0 Å². The van der Waals surface area contributed by atoms with E-state index in [1.807, 2.05) is 18.7 Å². The highest BCUT2D eigenvalue weighted by atomic mass is 32.1. The molecule has 2 aromatic rings. The van der Waals surface area contributed by atoms with Gasteiger partial charge in [0.25, 0.3) is 5.56 Å². The second-order valence-electron chi connectivity index (χ2n) is 6.64. The van der Waals surface area contributed by atoms with Gasteiger partial charge in [-0.15, -0.1) is 11.3 Å². The van der Waals surface area contributed by atoms with E-state index in [9.17, 15) is 9.59 Å². The maximum atomic E-state index is 12.8. The number of carbonyl (C=O) groups is 1. The van der Waals surface area contributed by atoms with Crippen molar-refractivity contribution in [1.29, 1.82) is 0 Å². The average Bonchev–Trinajstić information content (AvgIpc) is 3.15. The van der Waals surface area contributed by atoms with Crippen molar-refractivity contribution in [1.82, 2.24) is 14.5 Å². The van der Waals surface area contributed by atoms with Gasteiger partial charge in [0.15, 0.2) is 0 Å². The topological polar surface area (TPSA) is 64.4 Å². The second kappa shape index (κ2) is 5.97. The fourth-order valence-corrected chi connectivity index (χ4v) is 4.84. The number of ether oxygens (including phenoxy) is 1. The first-order valence-corrected chi connectivity index (χ1v) is 9.24. The highest BCUT2D eigenvalue weighted by Gasteiger charge is 2.38. The molecule has 0 spiro atoms. The van der Waals surface area contributed by atoms with Gasteiger partial charge in [-0.05, 0) is 38.7 Å². The highest BCUT2D eigenvalue weighted by Crippen LogP contribution is 2.30. The summed E-state index contributed by atoms with van der Waals surface area (Å²) in [6.07, 6.45) is 4.78. The van der Waals surface area contributed by atoms with E-state index in [2.05, 4.69) is 4.98 Å². The number of aromatic nitrogens is 2. The van der Waals surface area contributed by atoms with E-state index >= 15 is 0 Å². The lowest BCUT2D eigenvalue weighted by Gasteiger charge is -2.37. The summed E-state index contributed by atoms with van der Waals surface area (Å²) in [5.41, 5.74) is 0.850. The summed E-state index contributed by atoms with van der Waals surface area (Å²) in [5, 5.41) is 0.647. The molecule has 0 unspecified atom stereocenters. The zero-order chi connectivity index (χ0) is 16.8. The molecule has 24 heavy (non-hydrogen) atoms. The van der Waals surface area contributed by atoms with E-state index in [0.717, 1.165) is 34.5 Å². The first-order chi connectivity index (χ1) is 11.6. The lowest BCUT2D eigenvalue weighted by atomic mass is 10.1. The molecule has 128 valence electrons. The molecule has 0 radical (unpaired) electrons. The van der Waals surface area contributed by atoms with E-state index in [1.54, 1.807) is 0 Å². The highest BCUT2D eigenvalue weighted by molar-refractivity contribution is 7.18. The molecule has 1 saturated heterocycles. The molecule has 2 fully saturated rings. The van der Waals surface area contributed by atoms with Crippen LogP contribution in [0.2, 0.25) is 0 Å². The summed E-state index contributed by atoms with van der Waals surface area (Å²) >= 11 is 1.52. The van der Waals surface area contributed by atoms with Gasteiger partial charge in [0.1, 0.15) is 11.4 Å². The van der Waals surface area contributed by atoms with E-state index in [1.165, 1.54) is 22.2 Å². The SMILES string of the molecule is Cc1sc2ncn(CC(=O)N3CCO[C@H]4CCC[C@H]43)c(=O)c2c1C. The molecular weight excluding hydrogens is 326 g/mol. The zero-order valence-corrected chi connectivity index (χ0v) is 14.8. The van der Waals surface area contributed by atoms with Crippen LogP contribution in [0.15, 0.2) is 11.1 Å². The summed E-state index contributed by atoms with van der Waals surface area (Å²) in [6.45, 7) is 5.18. The van der Waals surface area contributed by atoms with Crippen LogP contribution in [0.5, 0.6) is 0 Å². The van der Waals surface area contributed by atoms with Crippen molar-refractivity contribution < 1.29 is 9.53 Å². The molecule has 0 bridgehead atoms. The number of hydrogen-bond acceptors (Lipinski definition) is 5. The van der Waals surface area contributed by atoms with Crippen molar-refractivity contribution in [3.05, 3.63) is 27.1 Å². The van der Waals surface area contributed by atoms with E-state index < -0.39 is 0 Å². The number of morpholine rings is 1. The predicted molar refractivity (Wildman–Crippen MR) is 92.4 cm³/mol.